The van der Waals surface area contributed by atoms with E-state index in [-0.39, 0.29) is 0 Å². The molecule has 5 heteroatoms. The second kappa shape index (κ2) is 3.37. The maximum Gasteiger partial charge on any atom is 0.384 e. The van der Waals surface area contributed by atoms with E-state index in [9.17, 15) is 4.79 Å². The molecule has 5 nitrogen and oxygen atoms in total. The lowest BCUT2D eigenvalue weighted by atomic mass is 10.5. The Kier molecular flexibility index (Phi) is 2.23. The van der Waals surface area contributed by atoms with Gasteiger partial charge in [-0.2, -0.15) is 10.3 Å². The summed E-state index contributed by atoms with van der Waals surface area (Å²) in [5, 5.41) is 9.46. The van der Waals surface area contributed by atoms with E-state index in [1.165, 1.54) is 13.3 Å². The third-order valence-electron chi connectivity index (χ3n) is 0.893. The molecule has 11 heavy (non-hydrogen) atoms. The van der Waals surface area contributed by atoms with Crippen LogP contribution in [0.25, 0.3) is 0 Å². The van der Waals surface area contributed by atoms with Crippen LogP contribution in [0.4, 0.5) is 0 Å². The predicted octanol–water partition coefficient (Wildman–Crippen LogP) is -0.671. The molecular weight excluding hydrogens is 146 g/mol. The van der Waals surface area contributed by atoms with Crippen molar-refractivity contribution in [2.75, 3.05) is 7.11 Å². The van der Waals surface area contributed by atoms with Gasteiger partial charge in [0.15, 0.2) is 5.69 Å². The van der Waals surface area contributed by atoms with Crippen molar-refractivity contribution in [2.45, 2.75) is 0 Å². The largest absolute Gasteiger partial charge is 0.459 e. The minimum Gasteiger partial charge on any atom is -0.459 e. The molecule has 0 saturated heterocycles. The lowest BCUT2D eigenvalue weighted by Gasteiger charge is -1.82. The van der Waals surface area contributed by atoms with Gasteiger partial charge in [-0.1, -0.05) is 0 Å². The first-order valence-corrected chi connectivity index (χ1v) is 2.78. The van der Waals surface area contributed by atoms with E-state index >= 15 is 0 Å². The average molecular weight is 151 g/mol. The lowest BCUT2D eigenvalue weighted by molar-refractivity contribution is -0.133. The van der Waals surface area contributed by atoms with Crippen molar-refractivity contribution in [1.29, 1.82) is 0 Å². The Bertz CT molecular complexity index is 293. The first-order chi connectivity index (χ1) is 5.33. The van der Waals surface area contributed by atoms with Crippen molar-refractivity contribution in [3.8, 4) is 11.8 Å². The molecule has 0 bridgehead atoms. The van der Waals surface area contributed by atoms with Crippen LogP contribution in [0.2, 0.25) is 0 Å². The summed E-state index contributed by atoms with van der Waals surface area (Å²) in [5.74, 6) is 4.06. The predicted molar refractivity (Wildman–Crippen MR) is 35.3 cm³/mol. The number of carbonyl (C=O) groups is 1. The van der Waals surface area contributed by atoms with Crippen molar-refractivity contribution in [2.24, 2.45) is 0 Å². The van der Waals surface area contributed by atoms with Crippen LogP contribution in [-0.2, 0) is 9.53 Å². The van der Waals surface area contributed by atoms with Crippen molar-refractivity contribution in [1.82, 2.24) is 15.4 Å². The molecule has 56 valence electrons. The number of hydrogen-bond donors (Lipinski definition) is 1. The van der Waals surface area contributed by atoms with Gasteiger partial charge in [0.1, 0.15) is 0 Å². The normalized spacial score (nSPS) is 8.09. The molecular formula is C6H5N3O2. The standard InChI is InChI=1S/C6H5N3O2/c1-11-6(10)3-2-5-4-7-9-8-5/h4H,1H3,(H,7,8,9). The molecule has 1 rings (SSSR count). The van der Waals surface area contributed by atoms with E-state index in [4.69, 9.17) is 0 Å². The quantitative estimate of drug-likeness (QED) is 0.394. The molecule has 0 amide bonds. The molecule has 0 aliphatic rings. The van der Waals surface area contributed by atoms with Crippen LogP contribution in [0, 0.1) is 11.8 Å². The van der Waals surface area contributed by atoms with Gasteiger partial charge >= 0.3 is 5.97 Å². The molecule has 0 aliphatic carbocycles. The van der Waals surface area contributed by atoms with Crippen LogP contribution < -0.4 is 0 Å². The van der Waals surface area contributed by atoms with Crippen LogP contribution in [0.3, 0.4) is 0 Å². The zero-order valence-corrected chi connectivity index (χ0v) is 5.79. The van der Waals surface area contributed by atoms with E-state index < -0.39 is 5.97 Å². The number of ether oxygens (including phenoxy) is 1. The Morgan fingerprint density at radius 2 is 2.64 bits per heavy atom. The Balaban J connectivity index is 2.66. The highest BCUT2D eigenvalue weighted by atomic mass is 16.5. The summed E-state index contributed by atoms with van der Waals surface area (Å²) >= 11 is 0. The number of methoxy groups -OCH3 is 1. The fourth-order valence-corrected chi connectivity index (χ4v) is 0.428. The Labute approximate surface area is 62.8 Å². The maximum atomic E-state index is 10.5. The topological polar surface area (TPSA) is 67.9 Å². The van der Waals surface area contributed by atoms with Crippen LogP contribution in [0.15, 0.2) is 6.20 Å². The first kappa shape index (κ1) is 7.28. The van der Waals surface area contributed by atoms with Crippen molar-refractivity contribution in [3.05, 3.63) is 11.9 Å². The van der Waals surface area contributed by atoms with Crippen molar-refractivity contribution >= 4 is 5.97 Å². The van der Waals surface area contributed by atoms with E-state index in [0.29, 0.717) is 5.69 Å². The number of carbonyl (C=O) groups excluding carboxylic acids is 1. The molecule has 1 heterocycles. The molecule has 0 fully saturated rings. The van der Waals surface area contributed by atoms with Gasteiger partial charge in [-0.05, 0) is 5.92 Å². The van der Waals surface area contributed by atoms with Gasteiger partial charge in [-0.25, -0.2) is 4.79 Å². The summed E-state index contributed by atoms with van der Waals surface area (Å²) in [6.45, 7) is 0. The number of H-pyrrole nitrogens is 1. The monoisotopic (exact) mass is 151 g/mol. The van der Waals surface area contributed by atoms with Crippen LogP contribution >= 0.6 is 0 Å². The van der Waals surface area contributed by atoms with Gasteiger partial charge in [0.05, 0.1) is 13.3 Å². The zero-order chi connectivity index (χ0) is 8.10. The fourth-order valence-electron chi connectivity index (χ4n) is 0.428. The SMILES string of the molecule is COC(=O)C#Cc1cn[nH]n1. The van der Waals surface area contributed by atoms with Crippen LogP contribution in [0.1, 0.15) is 5.69 Å². The van der Waals surface area contributed by atoms with E-state index in [1.807, 2.05) is 0 Å². The maximum absolute atomic E-state index is 10.5. The summed E-state index contributed by atoms with van der Waals surface area (Å²) in [6, 6.07) is 0. The van der Waals surface area contributed by atoms with E-state index in [1.54, 1.807) is 0 Å². The summed E-state index contributed by atoms with van der Waals surface area (Å²) in [5.41, 5.74) is 0.412. The minimum atomic E-state index is -0.590. The number of aromatic amines is 1. The molecule has 0 saturated carbocycles. The number of rotatable bonds is 0. The number of aromatic nitrogens is 3. The summed E-state index contributed by atoms with van der Waals surface area (Å²) in [4.78, 5) is 10.5. The van der Waals surface area contributed by atoms with Crippen molar-refractivity contribution in [3.63, 3.8) is 0 Å². The zero-order valence-electron chi connectivity index (χ0n) is 5.79. The molecule has 0 atom stereocenters. The van der Waals surface area contributed by atoms with Gasteiger partial charge in [0.2, 0.25) is 0 Å². The van der Waals surface area contributed by atoms with E-state index in [0.717, 1.165) is 0 Å². The molecule has 0 unspecified atom stereocenters. The number of nitrogens with zero attached hydrogens (tertiary/aromatic N) is 2. The van der Waals surface area contributed by atoms with Gasteiger partial charge in [0.25, 0.3) is 0 Å². The summed E-state index contributed by atoms with van der Waals surface area (Å²) in [7, 11) is 1.26. The van der Waals surface area contributed by atoms with Gasteiger partial charge < -0.3 is 4.74 Å². The van der Waals surface area contributed by atoms with Crippen LogP contribution in [-0.4, -0.2) is 28.5 Å². The minimum absolute atomic E-state index is 0.412. The highest BCUT2D eigenvalue weighted by Gasteiger charge is 1.91. The Morgan fingerprint density at radius 3 is 3.18 bits per heavy atom. The number of nitrogens with one attached hydrogen (secondary N) is 1. The summed E-state index contributed by atoms with van der Waals surface area (Å²) in [6.07, 6.45) is 1.41. The Morgan fingerprint density at radius 1 is 1.82 bits per heavy atom. The molecule has 1 aromatic heterocycles. The van der Waals surface area contributed by atoms with Gasteiger partial charge in [-0.3, -0.25) is 0 Å². The highest BCUT2D eigenvalue weighted by Crippen LogP contribution is 1.82. The summed E-state index contributed by atoms with van der Waals surface area (Å²) < 4.78 is 4.28. The lowest BCUT2D eigenvalue weighted by Crippen LogP contribution is -1.94. The smallest absolute Gasteiger partial charge is 0.384 e. The fraction of sp³-hybridized carbons (Fsp3) is 0.167. The molecule has 1 N–H and O–H groups in total. The highest BCUT2D eigenvalue weighted by molar-refractivity contribution is 5.88. The third kappa shape index (κ3) is 2.10. The van der Waals surface area contributed by atoms with E-state index in [2.05, 4.69) is 32.0 Å². The molecule has 0 spiro atoms. The average Bonchev–Trinajstić information content (AvgIpc) is 2.52. The number of esters is 1. The second-order valence-electron chi connectivity index (χ2n) is 1.60. The molecule has 1 aromatic rings. The molecule has 0 aliphatic heterocycles. The molecule has 0 aromatic carbocycles. The first-order valence-electron chi connectivity index (χ1n) is 2.78. The van der Waals surface area contributed by atoms with Crippen LogP contribution in [0.5, 0.6) is 0 Å². The molecule has 0 radical (unpaired) electrons. The third-order valence-corrected chi connectivity index (χ3v) is 0.893. The number of hydrogen-bond acceptors (Lipinski definition) is 4. The van der Waals surface area contributed by atoms with Crippen molar-refractivity contribution < 1.29 is 9.53 Å². The Hall–Kier alpha value is -1.83. The van der Waals surface area contributed by atoms with Gasteiger partial charge in [-0.15, -0.1) is 5.10 Å². The van der Waals surface area contributed by atoms with Gasteiger partial charge in [0, 0.05) is 5.92 Å². The second-order valence-corrected chi connectivity index (χ2v) is 1.60.